The maximum absolute atomic E-state index is 12.1. The Hall–Kier alpha value is -2.63. The van der Waals surface area contributed by atoms with Gasteiger partial charge in [-0.1, -0.05) is 15.9 Å². The van der Waals surface area contributed by atoms with E-state index in [4.69, 9.17) is 17.0 Å². The van der Waals surface area contributed by atoms with Gasteiger partial charge in [-0.2, -0.15) is 0 Å². The molecule has 2 aromatic carbocycles. The van der Waals surface area contributed by atoms with Crippen LogP contribution < -0.4 is 15.4 Å². The van der Waals surface area contributed by atoms with Gasteiger partial charge in [-0.05, 0) is 64.1 Å². The molecule has 8 nitrogen and oxygen atoms in total. The molecule has 3 rings (SSSR count). The number of nitrogens with one attached hydrogen (secondary N) is 2. The molecule has 2 amide bonds. The van der Waals surface area contributed by atoms with Crippen LogP contribution in [0, 0.1) is 10.1 Å². The molecule has 0 saturated carbocycles. The molecule has 1 heterocycles. The van der Waals surface area contributed by atoms with Crippen LogP contribution in [0.25, 0.3) is 6.08 Å². The van der Waals surface area contributed by atoms with Gasteiger partial charge in [-0.25, -0.2) is 0 Å². The summed E-state index contributed by atoms with van der Waals surface area (Å²) in [6.07, 6.45) is 1.40. The Morgan fingerprint density at radius 3 is 2.31 bits per heavy atom. The van der Waals surface area contributed by atoms with Gasteiger partial charge < -0.3 is 4.74 Å². The van der Waals surface area contributed by atoms with Crippen molar-refractivity contribution in [2.45, 2.75) is 6.61 Å². The minimum Gasteiger partial charge on any atom is -0.487 e. The summed E-state index contributed by atoms with van der Waals surface area (Å²) in [6, 6.07) is 9.40. The molecule has 0 aromatic heterocycles. The predicted molar refractivity (Wildman–Crippen MR) is 116 cm³/mol. The first-order chi connectivity index (χ1) is 13.7. The SMILES string of the molecule is O=C1NC(=S)NC(=O)C1=Cc1cc(Br)cc(Br)c1OCc1ccc([N+](=O)[O-])cc1. The van der Waals surface area contributed by atoms with Gasteiger partial charge in [0.05, 0.1) is 9.40 Å². The zero-order chi connectivity index (χ0) is 21.1. The monoisotopic (exact) mass is 539 g/mol. The van der Waals surface area contributed by atoms with Crippen LogP contribution in [0.5, 0.6) is 5.75 Å². The first kappa shape index (κ1) is 21.1. The van der Waals surface area contributed by atoms with E-state index in [2.05, 4.69) is 42.5 Å². The number of ether oxygens (including phenoxy) is 1. The molecule has 0 unspecified atom stereocenters. The fourth-order valence-electron chi connectivity index (χ4n) is 2.47. The molecule has 1 aliphatic heterocycles. The van der Waals surface area contributed by atoms with Crippen molar-refractivity contribution in [3.63, 3.8) is 0 Å². The van der Waals surface area contributed by atoms with Gasteiger partial charge >= 0.3 is 0 Å². The lowest BCUT2D eigenvalue weighted by molar-refractivity contribution is -0.384. The third-order valence-corrected chi connectivity index (χ3v) is 5.06. The van der Waals surface area contributed by atoms with Crippen molar-refractivity contribution < 1.29 is 19.2 Å². The second-order valence-corrected chi connectivity index (χ2v) is 7.99. The minimum absolute atomic E-state index is 0.0174. The van der Waals surface area contributed by atoms with Gasteiger partial charge in [0.25, 0.3) is 17.5 Å². The quantitative estimate of drug-likeness (QED) is 0.197. The van der Waals surface area contributed by atoms with Crippen molar-refractivity contribution in [2.24, 2.45) is 0 Å². The number of benzene rings is 2. The van der Waals surface area contributed by atoms with Crippen LogP contribution in [0.1, 0.15) is 11.1 Å². The molecule has 11 heteroatoms. The Labute approximate surface area is 186 Å². The number of nitrogens with zero attached hydrogens (tertiary/aromatic N) is 1. The summed E-state index contributed by atoms with van der Waals surface area (Å²) in [5.74, 6) is -0.833. The Kier molecular flexibility index (Phi) is 6.40. The van der Waals surface area contributed by atoms with Gasteiger partial charge in [0.15, 0.2) is 5.11 Å². The number of rotatable bonds is 5. The van der Waals surface area contributed by atoms with E-state index in [-0.39, 0.29) is 23.0 Å². The maximum Gasteiger partial charge on any atom is 0.269 e. The second-order valence-electron chi connectivity index (χ2n) is 5.81. The highest BCUT2D eigenvalue weighted by molar-refractivity contribution is 9.11. The zero-order valence-electron chi connectivity index (χ0n) is 14.4. The van der Waals surface area contributed by atoms with Crippen molar-refractivity contribution >= 4 is 72.8 Å². The summed E-state index contributed by atoms with van der Waals surface area (Å²) in [6.45, 7) is 0.122. The van der Waals surface area contributed by atoms with E-state index in [1.165, 1.54) is 18.2 Å². The lowest BCUT2D eigenvalue weighted by Gasteiger charge is -2.17. The normalized spacial score (nSPS) is 13.6. The molecule has 29 heavy (non-hydrogen) atoms. The van der Waals surface area contributed by atoms with E-state index >= 15 is 0 Å². The molecular formula is C18H11Br2N3O5S. The summed E-state index contributed by atoms with van der Waals surface area (Å²) in [5.41, 5.74) is 1.05. The number of non-ortho nitro benzene ring substituents is 1. The maximum atomic E-state index is 12.1. The Morgan fingerprint density at radius 1 is 1.10 bits per heavy atom. The van der Waals surface area contributed by atoms with Crippen LogP contribution >= 0.6 is 44.1 Å². The van der Waals surface area contributed by atoms with Gasteiger partial charge in [0.1, 0.15) is 17.9 Å². The summed E-state index contributed by atoms with van der Waals surface area (Å²) < 4.78 is 7.16. The van der Waals surface area contributed by atoms with Gasteiger partial charge in [0, 0.05) is 22.2 Å². The summed E-state index contributed by atoms with van der Waals surface area (Å²) in [5, 5.41) is 15.5. The number of thiocarbonyl (C=S) groups is 1. The van der Waals surface area contributed by atoms with Crippen molar-refractivity contribution in [3.8, 4) is 5.75 Å². The number of nitro benzene ring substituents is 1. The number of carbonyl (C=O) groups is 2. The number of halogens is 2. The topological polar surface area (TPSA) is 111 Å². The van der Waals surface area contributed by atoms with E-state index in [0.29, 0.717) is 25.8 Å². The molecule has 0 spiro atoms. The highest BCUT2D eigenvalue weighted by Crippen LogP contribution is 2.35. The Bertz CT molecular complexity index is 1050. The molecule has 2 aromatic rings. The predicted octanol–water partition coefficient (Wildman–Crippen LogP) is 3.61. The summed E-state index contributed by atoms with van der Waals surface area (Å²) in [7, 11) is 0. The number of hydrogen-bond acceptors (Lipinski definition) is 6. The van der Waals surface area contributed by atoms with E-state index < -0.39 is 16.7 Å². The third-order valence-electron chi connectivity index (χ3n) is 3.81. The summed E-state index contributed by atoms with van der Waals surface area (Å²) in [4.78, 5) is 34.5. The van der Waals surface area contributed by atoms with Crippen LogP contribution in [0.4, 0.5) is 5.69 Å². The van der Waals surface area contributed by atoms with E-state index in [1.54, 1.807) is 24.3 Å². The average molecular weight is 541 g/mol. The van der Waals surface area contributed by atoms with Crippen LogP contribution in [-0.4, -0.2) is 21.9 Å². The molecule has 148 valence electrons. The fraction of sp³-hybridized carbons (Fsp3) is 0.0556. The second kappa shape index (κ2) is 8.80. The average Bonchev–Trinajstić information content (AvgIpc) is 2.64. The van der Waals surface area contributed by atoms with Crippen molar-refractivity contribution in [1.82, 2.24) is 10.6 Å². The molecular weight excluding hydrogens is 530 g/mol. The summed E-state index contributed by atoms with van der Waals surface area (Å²) >= 11 is 11.6. The molecule has 1 aliphatic rings. The molecule has 1 fully saturated rings. The largest absolute Gasteiger partial charge is 0.487 e. The lowest BCUT2D eigenvalue weighted by atomic mass is 10.1. The third kappa shape index (κ3) is 5.05. The standard InChI is InChI=1S/C18H11Br2N3O5S/c19-11-5-10(6-13-16(24)21-18(29)22-17(13)25)15(14(20)7-11)28-8-9-1-3-12(4-2-9)23(26)27/h1-7H,8H2,(H2,21,22,24,25,29). The smallest absolute Gasteiger partial charge is 0.269 e. The number of carbonyl (C=O) groups excluding carboxylic acids is 2. The van der Waals surface area contributed by atoms with E-state index in [0.717, 1.165) is 0 Å². The molecule has 0 aliphatic carbocycles. The molecule has 1 saturated heterocycles. The fourth-order valence-corrected chi connectivity index (χ4v) is 4.03. The van der Waals surface area contributed by atoms with Gasteiger partial charge in [0.2, 0.25) is 0 Å². The van der Waals surface area contributed by atoms with Crippen molar-refractivity contribution in [3.05, 3.63) is 72.2 Å². The minimum atomic E-state index is -0.615. The Balaban J connectivity index is 1.90. The number of hydrogen-bond donors (Lipinski definition) is 2. The van der Waals surface area contributed by atoms with Crippen LogP contribution in [0.3, 0.4) is 0 Å². The highest BCUT2D eigenvalue weighted by atomic mass is 79.9. The highest BCUT2D eigenvalue weighted by Gasteiger charge is 2.26. The van der Waals surface area contributed by atoms with Crippen LogP contribution in [0.2, 0.25) is 0 Å². The van der Waals surface area contributed by atoms with E-state index in [1.807, 2.05) is 0 Å². The van der Waals surface area contributed by atoms with Gasteiger partial charge in [-0.3, -0.25) is 30.3 Å². The van der Waals surface area contributed by atoms with Crippen LogP contribution in [0.15, 0.2) is 50.9 Å². The van der Waals surface area contributed by atoms with Gasteiger partial charge in [-0.15, -0.1) is 0 Å². The first-order valence-electron chi connectivity index (χ1n) is 7.98. The molecule has 0 radical (unpaired) electrons. The molecule has 0 atom stereocenters. The number of nitro groups is 1. The van der Waals surface area contributed by atoms with Crippen molar-refractivity contribution in [2.75, 3.05) is 0 Å². The first-order valence-corrected chi connectivity index (χ1v) is 9.97. The molecule has 2 N–H and O–H groups in total. The Morgan fingerprint density at radius 2 is 1.72 bits per heavy atom. The lowest BCUT2D eigenvalue weighted by Crippen LogP contribution is -2.51. The zero-order valence-corrected chi connectivity index (χ0v) is 18.4. The van der Waals surface area contributed by atoms with E-state index in [9.17, 15) is 19.7 Å². The van der Waals surface area contributed by atoms with Crippen LogP contribution in [-0.2, 0) is 16.2 Å². The van der Waals surface area contributed by atoms with Crippen molar-refractivity contribution in [1.29, 1.82) is 0 Å². The molecule has 0 bridgehead atoms. The number of amides is 2.